The monoisotopic (exact) mass is 217 g/mol. The van der Waals surface area contributed by atoms with Gasteiger partial charge in [-0.15, -0.1) is 0 Å². The van der Waals surface area contributed by atoms with Gasteiger partial charge in [0.15, 0.2) is 0 Å². The average molecular weight is 217 g/mol. The fourth-order valence-electron chi connectivity index (χ4n) is 1.66. The van der Waals surface area contributed by atoms with E-state index in [9.17, 15) is 9.59 Å². The molecule has 1 aromatic carbocycles. The minimum Gasteiger partial charge on any atom is -0.501 e. The Kier molecular flexibility index (Phi) is 2.72. The standard InChI is InChI=1S/C12H11NO3/c1-2-16-6-5-8-7-9-3-4-10(8)12(15)13-11(9)14/h2-4,7H,1,5-6H2,(H,13,14,15). The smallest absolute Gasteiger partial charge is 0.258 e. The molecule has 2 heterocycles. The van der Waals surface area contributed by atoms with Crippen molar-refractivity contribution in [2.45, 2.75) is 6.42 Å². The van der Waals surface area contributed by atoms with E-state index in [1.54, 1.807) is 18.2 Å². The van der Waals surface area contributed by atoms with Crippen LogP contribution in [0.2, 0.25) is 0 Å². The molecule has 2 bridgehead atoms. The van der Waals surface area contributed by atoms with E-state index < -0.39 is 0 Å². The fraction of sp³-hybridized carbons (Fsp3) is 0.167. The number of aromatic nitrogens is 1. The number of hydrogen-bond donors (Lipinski definition) is 1. The van der Waals surface area contributed by atoms with Gasteiger partial charge in [-0.2, -0.15) is 0 Å². The molecule has 0 aliphatic rings. The molecule has 2 aromatic heterocycles. The van der Waals surface area contributed by atoms with Crippen molar-refractivity contribution in [3.63, 3.8) is 0 Å². The van der Waals surface area contributed by atoms with Gasteiger partial charge < -0.3 is 4.74 Å². The first-order valence-corrected chi connectivity index (χ1v) is 4.93. The molecule has 0 radical (unpaired) electrons. The zero-order valence-corrected chi connectivity index (χ0v) is 8.66. The molecule has 3 aromatic rings. The lowest BCUT2D eigenvalue weighted by molar-refractivity contribution is 0.255. The maximum absolute atomic E-state index is 11.6. The first-order valence-electron chi connectivity index (χ1n) is 4.93. The van der Waals surface area contributed by atoms with Crippen molar-refractivity contribution in [1.29, 1.82) is 0 Å². The topological polar surface area (TPSA) is 59.2 Å². The summed E-state index contributed by atoms with van der Waals surface area (Å²) in [6, 6.07) is 5.04. The SMILES string of the molecule is C=COCCc1cc2ccc1c(=O)[nH]c2=O. The van der Waals surface area contributed by atoms with Crippen LogP contribution in [-0.4, -0.2) is 11.6 Å². The summed E-state index contributed by atoms with van der Waals surface area (Å²) in [5, 5.41) is 1.03. The van der Waals surface area contributed by atoms with Crippen LogP contribution in [0, 0.1) is 0 Å². The Morgan fingerprint density at radius 2 is 2.12 bits per heavy atom. The predicted molar refractivity (Wildman–Crippen MR) is 61.9 cm³/mol. The minimum absolute atomic E-state index is 0.349. The van der Waals surface area contributed by atoms with E-state index in [0.29, 0.717) is 23.8 Å². The third-order valence-corrected chi connectivity index (χ3v) is 2.45. The summed E-state index contributed by atoms with van der Waals surface area (Å²) in [5.41, 5.74) is 0.122. The number of H-pyrrole nitrogens is 1. The van der Waals surface area contributed by atoms with Crippen LogP contribution in [0.5, 0.6) is 0 Å². The third-order valence-electron chi connectivity index (χ3n) is 2.45. The molecule has 0 atom stereocenters. The van der Waals surface area contributed by atoms with Gasteiger partial charge in [0, 0.05) is 17.2 Å². The third kappa shape index (κ3) is 1.82. The number of ether oxygens (including phenoxy) is 1. The second-order valence-corrected chi connectivity index (χ2v) is 3.44. The maximum Gasteiger partial charge on any atom is 0.258 e. The summed E-state index contributed by atoms with van der Waals surface area (Å²) < 4.78 is 5.01. The zero-order valence-electron chi connectivity index (χ0n) is 8.66. The molecular formula is C12H11NO3. The number of fused-ring (bicyclic) bond motifs is 4. The van der Waals surface area contributed by atoms with Crippen LogP contribution in [-0.2, 0) is 11.2 Å². The van der Waals surface area contributed by atoms with E-state index in [0.717, 1.165) is 5.56 Å². The first kappa shape index (κ1) is 10.4. The molecule has 4 nitrogen and oxygen atoms in total. The molecule has 82 valence electrons. The van der Waals surface area contributed by atoms with Crippen LogP contribution in [0.4, 0.5) is 0 Å². The van der Waals surface area contributed by atoms with Crippen LogP contribution in [0.25, 0.3) is 10.8 Å². The highest BCUT2D eigenvalue weighted by Crippen LogP contribution is 2.10. The van der Waals surface area contributed by atoms with Gasteiger partial charge in [0.1, 0.15) is 0 Å². The van der Waals surface area contributed by atoms with Crippen LogP contribution in [0.1, 0.15) is 5.56 Å². The molecule has 16 heavy (non-hydrogen) atoms. The summed E-state index contributed by atoms with van der Waals surface area (Å²) in [5.74, 6) is 0. The lowest BCUT2D eigenvalue weighted by Crippen LogP contribution is -2.12. The van der Waals surface area contributed by atoms with Crippen molar-refractivity contribution in [2.24, 2.45) is 0 Å². The normalized spacial score (nSPS) is 10.5. The molecule has 0 aliphatic carbocycles. The van der Waals surface area contributed by atoms with E-state index in [-0.39, 0.29) is 11.1 Å². The Hall–Kier alpha value is -2.10. The lowest BCUT2D eigenvalue weighted by Gasteiger charge is -2.01. The summed E-state index contributed by atoms with van der Waals surface area (Å²) in [7, 11) is 0. The van der Waals surface area contributed by atoms with Crippen molar-refractivity contribution in [1.82, 2.24) is 4.98 Å². The number of hydrogen-bond acceptors (Lipinski definition) is 3. The second-order valence-electron chi connectivity index (χ2n) is 3.44. The first-order chi connectivity index (χ1) is 7.72. The summed E-state index contributed by atoms with van der Waals surface area (Å²) in [6.07, 6.45) is 1.93. The number of benzene rings is 1. The maximum atomic E-state index is 11.6. The highest BCUT2D eigenvalue weighted by Gasteiger charge is 2.05. The average Bonchev–Trinajstić information content (AvgIpc) is 2.47. The van der Waals surface area contributed by atoms with Crippen LogP contribution in [0.15, 0.2) is 40.6 Å². The van der Waals surface area contributed by atoms with Crippen molar-refractivity contribution in [2.75, 3.05) is 6.61 Å². The Balaban J connectivity index is 2.51. The van der Waals surface area contributed by atoms with Crippen LogP contribution < -0.4 is 11.1 Å². The highest BCUT2D eigenvalue weighted by molar-refractivity contribution is 5.68. The molecule has 0 unspecified atom stereocenters. The molecule has 3 rings (SSSR count). The van der Waals surface area contributed by atoms with Gasteiger partial charge in [0.25, 0.3) is 11.1 Å². The van der Waals surface area contributed by atoms with Crippen LogP contribution >= 0.6 is 0 Å². The van der Waals surface area contributed by atoms with Crippen LogP contribution in [0.3, 0.4) is 0 Å². The Labute approximate surface area is 91.5 Å². The quantitative estimate of drug-likeness (QED) is 0.614. The Morgan fingerprint density at radius 1 is 1.31 bits per heavy atom. The van der Waals surface area contributed by atoms with Crippen molar-refractivity contribution < 1.29 is 4.74 Å². The van der Waals surface area contributed by atoms with Crippen molar-refractivity contribution in [3.8, 4) is 0 Å². The number of nitrogens with one attached hydrogen (secondary N) is 1. The highest BCUT2D eigenvalue weighted by atomic mass is 16.5. The second kappa shape index (κ2) is 4.18. The molecule has 4 heteroatoms. The van der Waals surface area contributed by atoms with E-state index in [2.05, 4.69) is 11.6 Å². The minimum atomic E-state index is -0.351. The molecule has 0 fully saturated rings. The summed E-state index contributed by atoms with van der Waals surface area (Å²) in [6.45, 7) is 3.88. The lowest BCUT2D eigenvalue weighted by atomic mass is 10.1. The molecular weight excluding hydrogens is 206 g/mol. The van der Waals surface area contributed by atoms with Gasteiger partial charge in [0.05, 0.1) is 12.9 Å². The molecule has 0 spiro atoms. The van der Waals surface area contributed by atoms with Gasteiger partial charge in [-0.3, -0.25) is 14.6 Å². The number of rotatable bonds is 4. The van der Waals surface area contributed by atoms with E-state index >= 15 is 0 Å². The number of aromatic amines is 1. The van der Waals surface area contributed by atoms with E-state index in [4.69, 9.17) is 4.74 Å². The molecule has 0 saturated carbocycles. The van der Waals surface area contributed by atoms with E-state index in [1.165, 1.54) is 6.26 Å². The zero-order chi connectivity index (χ0) is 11.5. The summed E-state index contributed by atoms with van der Waals surface area (Å²) in [4.78, 5) is 25.3. The fourth-order valence-corrected chi connectivity index (χ4v) is 1.66. The predicted octanol–water partition coefficient (Wildman–Crippen LogP) is 1.03. The van der Waals surface area contributed by atoms with E-state index in [1.807, 2.05) is 0 Å². The van der Waals surface area contributed by atoms with Crippen molar-refractivity contribution in [3.05, 3.63) is 57.3 Å². The molecule has 0 aliphatic heterocycles. The Morgan fingerprint density at radius 3 is 2.88 bits per heavy atom. The molecule has 1 N–H and O–H groups in total. The Bertz CT molecular complexity index is 615. The van der Waals surface area contributed by atoms with Gasteiger partial charge in [-0.05, 0) is 23.8 Å². The van der Waals surface area contributed by atoms with Crippen molar-refractivity contribution >= 4 is 10.8 Å². The van der Waals surface area contributed by atoms with Gasteiger partial charge in [0.2, 0.25) is 0 Å². The molecule has 0 saturated heterocycles. The largest absolute Gasteiger partial charge is 0.501 e. The van der Waals surface area contributed by atoms with Gasteiger partial charge >= 0.3 is 0 Å². The summed E-state index contributed by atoms with van der Waals surface area (Å²) >= 11 is 0. The van der Waals surface area contributed by atoms with Gasteiger partial charge in [-0.1, -0.05) is 6.58 Å². The van der Waals surface area contributed by atoms with Gasteiger partial charge in [-0.25, -0.2) is 0 Å². The molecule has 0 amide bonds.